The molecule has 0 aliphatic carbocycles. The summed E-state index contributed by atoms with van der Waals surface area (Å²) in [4.78, 5) is 16.5. The number of likely N-dealkylation sites (N-methyl/N-ethyl adjacent to an activating group) is 1. The topological polar surface area (TPSA) is 70.8 Å². The lowest BCUT2D eigenvalue weighted by Crippen LogP contribution is -2.52. The van der Waals surface area contributed by atoms with Crippen molar-refractivity contribution in [2.75, 3.05) is 45.7 Å². The summed E-state index contributed by atoms with van der Waals surface area (Å²) in [5.41, 5.74) is 0.746. The number of nitrogens with zero attached hydrogens (tertiary/aromatic N) is 3. The van der Waals surface area contributed by atoms with Gasteiger partial charge < -0.3 is 14.2 Å². The number of morpholine rings is 1. The van der Waals surface area contributed by atoms with Gasteiger partial charge in [0.2, 0.25) is 11.8 Å². The summed E-state index contributed by atoms with van der Waals surface area (Å²) in [5.74, 6) is 0.305. The lowest BCUT2D eigenvalue weighted by Gasteiger charge is -2.36. The third kappa shape index (κ3) is 4.52. The van der Waals surface area contributed by atoms with E-state index in [1.54, 1.807) is 6.07 Å². The molecule has 1 saturated heterocycles. The van der Waals surface area contributed by atoms with Crippen molar-refractivity contribution in [2.45, 2.75) is 26.0 Å². The number of ether oxygens (including phenoxy) is 1. The second-order valence-electron chi connectivity index (χ2n) is 5.75. The van der Waals surface area contributed by atoms with E-state index in [1.807, 2.05) is 27.9 Å². The highest BCUT2D eigenvalue weighted by Crippen LogP contribution is 2.13. The number of amides is 1. The second kappa shape index (κ2) is 7.02. The highest BCUT2D eigenvalue weighted by Gasteiger charge is 2.28. The van der Waals surface area contributed by atoms with E-state index in [9.17, 15) is 4.79 Å². The summed E-state index contributed by atoms with van der Waals surface area (Å²) < 4.78 is 10.7. The molecule has 0 aromatic carbocycles. The molecule has 0 bridgehead atoms. The van der Waals surface area contributed by atoms with Crippen molar-refractivity contribution in [1.29, 1.82) is 0 Å². The molecule has 0 unspecified atom stereocenters. The lowest BCUT2D eigenvalue weighted by molar-refractivity contribution is -0.124. The highest BCUT2D eigenvalue weighted by atomic mass is 16.5. The fourth-order valence-electron chi connectivity index (χ4n) is 2.43. The molecular weight excluding hydrogens is 272 g/mol. The molecule has 1 fully saturated rings. The quantitative estimate of drug-likeness (QED) is 0.857. The molecule has 7 nitrogen and oxygen atoms in total. The number of aryl methyl sites for hydroxylation is 1. The molecule has 2 heterocycles. The minimum absolute atomic E-state index is 0.0864. The molecule has 1 N–H and O–H groups in total. The predicted octanol–water partition coefficient (Wildman–Crippen LogP) is 0.572. The van der Waals surface area contributed by atoms with Crippen LogP contribution in [-0.4, -0.2) is 73.3 Å². The molecule has 0 radical (unpaired) electrons. The van der Waals surface area contributed by atoms with Gasteiger partial charge >= 0.3 is 0 Å². The molecule has 118 valence electrons. The molecule has 2 rings (SSSR count). The highest BCUT2D eigenvalue weighted by molar-refractivity contribution is 5.93. The van der Waals surface area contributed by atoms with Gasteiger partial charge in [-0.2, -0.15) is 0 Å². The first-order valence-corrected chi connectivity index (χ1v) is 7.20. The Kier molecular flexibility index (Phi) is 5.33. The Morgan fingerprint density at radius 3 is 3.00 bits per heavy atom. The summed E-state index contributed by atoms with van der Waals surface area (Å²) in [7, 11) is 4.04. The first-order valence-electron chi connectivity index (χ1n) is 7.20. The van der Waals surface area contributed by atoms with Crippen LogP contribution in [0.3, 0.4) is 0 Å². The van der Waals surface area contributed by atoms with Crippen LogP contribution in [0.2, 0.25) is 0 Å². The number of hydrogen-bond donors (Lipinski definition) is 1. The molecule has 1 amide bonds. The molecule has 7 heteroatoms. The molecule has 1 aromatic heterocycles. The van der Waals surface area contributed by atoms with E-state index >= 15 is 0 Å². The summed E-state index contributed by atoms with van der Waals surface area (Å²) >= 11 is 0. The Bertz CT molecular complexity index is 475. The zero-order valence-corrected chi connectivity index (χ0v) is 13.1. The van der Waals surface area contributed by atoms with E-state index in [0.717, 1.165) is 25.3 Å². The average molecular weight is 296 g/mol. The Morgan fingerprint density at radius 2 is 2.38 bits per heavy atom. The van der Waals surface area contributed by atoms with Gasteiger partial charge in [0.1, 0.15) is 0 Å². The van der Waals surface area contributed by atoms with E-state index in [-0.39, 0.29) is 18.1 Å². The van der Waals surface area contributed by atoms with Crippen LogP contribution >= 0.6 is 0 Å². The minimum Gasteiger partial charge on any atom is -0.374 e. The third-order valence-corrected chi connectivity index (χ3v) is 3.54. The van der Waals surface area contributed by atoms with Crippen molar-refractivity contribution >= 4 is 11.8 Å². The van der Waals surface area contributed by atoms with E-state index in [1.165, 1.54) is 0 Å². The van der Waals surface area contributed by atoms with Crippen LogP contribution in [0.25, 0.3) is 0 Å². The Morgan fingerprint density at radius 1 is 1.62 bits per heavy atom. The maximum Gasteiger partial charge on any atom is 0.243 e. The van der Waals surface area contributed by atoms with Crippen molar-refractivity contribution in [3.05, 3.63) is 11.8 Å². The van der Waals surface area contributed by atoms with Crippen LogP contribution in [0.5, 0.6) is 0 Å². The van der Waals surface area contributed by atoms with E-state index in [4.69, 9.17) is 9.26 Å². The van der Waals surface area contributed by atoms with Gasteiger partial charge in [-0.3, -0.25) is 15.0 Å². The van der Waals surface area contributed by atoms with Crippen molar-refractivity contribution < 1.29 is 14.1 Å². The monoisotopic (exact) mass is 296 g/mol. The van der Waals surface area contributed by atoms with Crippen molar-refractivity contribution in [2.24, 2.45) is 0 Å². The van der Waals surface area contributed by atoms with Crippen LogP contribution in [0, 0.1) is 6.92 Å². The summed E-state index contributed by atoms with van der Waals surface area (Å²) in [5, 5.41) is 6.51. The summed E-state index contributed by atoms with van der Waals surface area (Å²) in [6.45, 7) is 6.73. The zero-order chi connectivity index (χ0) is 15.4. The van der Waals surface area contributed by atoms with Crippen molar-refractivity contribution in [3.63, 3.8) is 0 Å². The van der Waals surface area contributed by atoms with Gasteiger partial charge in [0.25, 0.3) is 0 Å². The molecule has 1 aliphatic heterocycles. The number of nitrogens with one attached hydrogen (secondary N) is 1. The number of rotatable bonds is 5. The fraction of sp³-hybridized carbons (Fsp3) is 0.714. The summed E-state index contributed by atoms with van der Waals surface area (Å²) in [6, 6.07) is 1.47. The second-order valence-corrected chi connectivity index (χ2v) is 5.75. The number of aromatic nitrogens is 1. The molecule has 1 aliphatic rings. The van der Waals surface area contributed by atoms with Crippen LogP contribution < -0.4 is 5.32 Å². The smallest absolute Gasteiger partial charge is 0.243 e. The standard InChI is InChI=1S/C14H24N4O3/c1-10-7-13(21-16-10)15-14(19)11(2)18-5-6-20-12(9-18)8-17(3)4/h7,11-12H,5-6,8-9H2,1-4H3,(H,15,19)/t11-,12+/m1/s1. The van der Waals surface area contributed by atoms with Crippen LogP contribution in [0.1, 0.15) is 12.6 Å². The molecule has 1 aromatic rings. The first kappa shape index (κ1) is 15.9. The molecule has 0 saturated carbocycles. The average Bonchev–Trinajstić information content (AvgIpc) is 2.82. The van der Waals surface area contributed by atoms with E-state index in [2.05, 4.69) is 20.3 Å². The lowest BCUT2D eigenvalue weighted by atomic mass is 10.2. The maximum atomic E-state index is 12.3. The number of hydrogen-bond acceptors (Lipinski definition) is 6. The van der Waals surface area contributed by atoms with Gasteiger partial charge in [0, 0.05) is 25.7 Å². The fourth-order valence-corrected chi connectivity index (χ4v) is 2.43. The van der Waals surface area contributed by atoms with Crippen LogP contribution in [-0.2, 0) is 9.53 Å². The third-order valence-electron chi connectivity index (χ3n) is 3.54. The van der Waals surface area contributed by atoms with Gasteiger partial charge in [-0.05, 0) is 27.9 Å². The Labute approximate surface area is 125 Å². The first-order chi connectivity index (χ1) is 9.95. The minimum atomic E-state index is -0.232. The zero-order valence-electron chi connectivity index (χ0n) is 13.1. The van der Waals surface area contributed by atoms with Crippen molar-refractivity contribution in [1.82, 2.24) is 15.0 Å². The van der Waals surface area contributed by atoms with Gasteiger partial charge in [0.05, 0.1) is 24.4 Å². The molecular formula is C14H24N4O3. The Hall–Kier alpha value is -1.44. The predicted molar refractivity (Wildman–Crippen MR) is 79.2 cm³/mol. The largest absolute Gasteiger partial charge is 0.374 e. The van der Waals surface area contributed by atoms with Gasteiger partial charge in [-0.15, -0.1) is 0 Å². The van der Waals surface area contributed by atoms with Gasteiger partial charge in [0.15, 0.2) is 0 Å². The van der Waals surface area contributed by atoms with Crippen molar-refractivity contribution in [3.8, 4) is 0 Å². The number of carbonyl (C=O) groups is 1. The van der Waals surface area contributed by atoms with Crippen LogP contribution in [0.4, 0.5) is 5.88 Å². The molecule has 2 atom stereocenters. The van der Waals surface area contributed by atoms with E-state index in [0.29, 0.717) is 12.5 Å². The van der Waals surface area contributed by atoms with E-state index < -0.39 is 0 Å². The van der Waals surface area contributed by atoms with Crippen LogP contribution in [0.15, 0.2) is 10.6 Å². The van der Waals surface area contributed by atoms with Gasteiger partial charge in [-0.25, -0.2) is 0 Å². The van der Waals surface area contributed by atoms with Gasteiger partial charge in [-0.1, -0.05) is 5.16 Å². The number of anilines is 1. The maximum absolute atomic E-state index is 12.3. The Balaban J connectivity index is 1.89. The normalized spacial score (nSPS) is 21.5. The molecule has 0 spiro atoms. The SMILES string of the molecule is Cc1cc(NC(=O)[C@@H](C)N2CCO[C@@H](CN(C)C)C2)on1. The summed E-state index contributed by atoms with van der Waals surface area (Å²) in [6.07, 6.45) is 0.136. The number of carbonyl (C=O) groups excluding carboxylic acids is 1. The molecule has 21 heavy (non-hydrogen) atoms.